The first-order valence-corrected chi connectivity index (χ1v) is 7.84. The Bertz CT molecular complexity index is 505. The predicted octanol–water partition coefficient (Wildman–Crippen LogP) is 2.30. The maximum Gasteiger partial charge on any atom is 0.226 e. The maximum absolute atomic E-state index is 12.1. The lowest BCUT2D eigenvalue weighted by Gasteiger charge is -2.20. The predicted molar refractivity (Wildman–Crippen MR) is 89.6 cm³/mol. The summed E-state index contributed by atoms with van der Waals surface area (Å²) in [6.45, 7) is 5.51. The summed E-state index contributed by atoms with van der Waals surface area (Å²) in [5, 5.41) is 2.83. The molecule has 1 aromatic rings. The summed E-state index contributed by atoms with van der Waals surface area (Å²) >= 11 is 0. The van der Waals surface area contributed by atoms with Gasteiger partial charge in [-0.3, -0.25) is 9.59 Å². The number of hydrogen-bond acceptors (Lipinski definition) is 4. The summed E-state index contributed by atoms with van der Waals surface area (Å²) in [7, 11) is 1.63. The number of hydrogen-bond donors (Lipinski definition) is 1. The Hall–Kier alpha value is -2.08. The molecule has 6 heteroatoms. The zero-order valence-corrected chi connectivity index (χ0v) is 14.1. The number of methoxy groups -OCH3 is 1. The van der Waals surface area contributed by atoms with Gasteiger partial charge < -0.3 is 19.7 Å². The summed E-state index contributed by atoms with van der Waals surface area (Å²) in [4.78, 5) is 25.3. The molecule has 2 amide bonds. The van der Waals surface area contributed by atoms with Gasteiger partial charge in [-0.05, 0) is 25.5 Å². The highest BCUT2D eigenvalue weighted by Gasteiger charge is 2.12. The molecule has 0 atom stereocenters. The van der Waals surface area contributed by atoms with Crippen molar-refractivity contribution >= 4 is 17.5 Å². The van der Waals surface area contributed by atoms with E-state index in [1.54, 1.807) is 18.1 Å². The van der Waals surface area contributed by atoms with Crippen LogP contribution in [0.5, 0.6) is 5.75 Å². The molecular formula is C17H26N2O4. The van der Waals surface area contributed by atoms with Crippen LogP contribution in [0, 0.1) is 0 Å². The molecule has 0 bridgehead atoms. The number of ether oxygens (including phenoxy) is 2. The molecule has 1 N–H and O–H groups in total. The van der Waals surface area contributed by atoms with Crippen LogP contribution in [0.1, 0.15) is 26.7 Å². The van der Waals surface area contributed by atoms with Crippen molar-refractivity contribution < 1.29 is 19.1 Å². The van der Waals surface area contributed by atoms with E-state index >= 15 is 0 Å². The fraction of sp³-hybridized carbons (Fsp3) is 0.529. The van der Waals surface area contributed by atoms with Crippen molar-refractivity contribution in [1.29, 1.82) is 0 Å². The molecule has 0 radical (unpaired) electrons. The van der Waals surface area contributed by atoms with Gasteiger partial charge in [-0.1, -0.05) is 12.1 Å². The largest absolute Gasteiger partial charge is 0.492 e. The molecule has 0 unspecified atom stereocenters. The van der Waals surface area contributed by atoms with E-state index in [2.05, 4.69) is 5.32 Å². The van der Waals surface area contributed by atoms with Gasteiger partial charge in [-0.25, -0.2) is 0 Å². The highest BCUT2D eigenvalue weighted by atomic mass is 16.5. The maximum atomic E-state index is 12.1. The van der Waals surface area contributed by atoms with Gasteiger partial charge in [-0.15, -0.1) is 0 Å². The molecule has 0 saturated carbocycles. The van der Waals surface area contributed by atoms with E-state index in [-0.39, 0.29) is 18.2 Å². The van der Waals surface area contributed by atoms with E-state index in [1.807, 2.05) is 25.1 Å². The third kappa shape index (κ3) is 7.15. The number of anilines is 1. The summed E-state index contributed by atoms with van der Waals surface area (Å²) in [6, 6.07) is 7.30. The molecule has 6 nitrogen and oxygen atoms in total. The Morgan fingerprint density at radius 3 is 2.61 bits per heavy atom. The molecule has 0 aliphatic heterocycles. The van der Waals surface area contributed by atoms with Crippen LogP contribution in [-0.4, -0.2) is 50.1 Å². The van der Waals surface area contributed by atoms with Crippen LogP contribution in [0.15, 0.2) is 24.3 Å². The van der Waals surface area contributed by atoms with Crippen LogP contribution in [-0.2, 0) is 14.3 Å². The summed E-state index contributed by atoms with van der Waals surface area (Å²) in [5.74, 6) is 0.464. The Labute approximate surface area is 137 Å². The van der Waals surface area contributed by atoms with Crippen molar-refractivity contribution in [2.75, 3.05) is 38.7 Å². The first-order chi connectivity index (χ1) is 11.1. The highest BCUT2D eigenvalue weighted by Crippen LogP contribution is 2.23. The Balaban J connectivity index is 2.50. The van der Waals surface area contributed by atoms with E-state index < -0.39 is 0 Å². The Morgan fingerprint density at radius 2 is 1.96 bits per heavy atom. The molecule has 0 aliphatic rings. The van der Waals surface area contributed by atoms with E-state index in [0.717, 1.165) is 6.42 Å². The zero-order chi connectivity index (χ0) is 17.1. The molecule has 0 aromatic heterocycles. The fourth-order valence-corrected chi connectivity index (χ4v) is 2.13. The average Bonchev–Trinajstić information content (AvgIpc) is 2.52. The first-order valence-electron chi connectivity index (χ1n) is 7.84. The lowest BCUT2D eigenvalue weighted by Crippen LogP contribution is -2.33. The number of nitrogens with one attached hydrogen (secondary N) is 1. The summed E-state index contributed by atoms with van der Waals surface area (Å²) in [5.41, 5.74) is 0.646. The standard InChI is InChI=1S/C17H26N2O4/c1-4-23-16-9-6-5-8-15(16)18-17(21)10-12-19(14(2)20)11-7-13-22-3/h5-6,8-9H,4,7,10-13H2,1-3H3,(H,18,21). The first kappa shape index (κ1) is 19.0. The monoisotopic (exact) mass is 322 g/mol. The van der Waals surface area contributed by atoms with E-state index in [1.165, 1.54) is 6.92 Å². The molecule has 0 aliphatic carbocycles. The SMILES string of the molecule is CCOc1ccccc1NC(=O)CCN(CCCOC)C(C)=O. The van der Waals surface area contributed by atoms with Crippen LogP contribution < -0.4 is 10.1 Å². The van der Waals surface area contributed by atoms with Crippen molar-refractivity contribution in [3.63, 3.8) is 0 Å². The van der Waals surface area contributed by atoms with Crippen LogP contribution >= 0.6 is 0 Å². The molecule has 0 heterocycles. The minimum Gasteiger partial charge on any atom is -0.492 e. The third-order valence-corrected chi connectivity index (χ3v) is 3.29. The second-order valence-corrected chi connectivity index (χ2v) is 5.08. The molecule has 0 fully saturated rings. The quantitative estimate of drug-likeness (QED) is 0.671. The molecule has 0 saturated heterocycles. The zero-order valence-electron chi connectivity index (χ0n) is 14.1. The normalized spacial score (nSPS) is 10.2. The van der Waals surface area contributed by atoms with Crippen LogP contribution in [0.25, 0.3) is 0 Å². The molecule has 23 heavy (non-hydrogen) atoms. The van der Waals surface area contributed by atoms with E-state index in [4.69, 9.17) is 9.47 Å². The van der Waals surface area contributed by atoms with E-state index in [0.29, 0.717) is 37.7 Å². The molecular weight excluding hydrogens is 296 g/mol. The van der Waals surface area contributed by atoms with Crippen molar-refractivity contribution in [1.82, 2.24) is 4.90 Å². The number of benzene rings is 1. The van der Waals surface area contributed by atoms with Crippen LogP contribution in [0.4, 0.5) is 5.69 Å². The topological polar surface area (TPSA) is 67.9 Å². The van der Waals surface area contributed by atoms with Gasteiger partial charge in [0.05, 0.1) is 12.3 Å². The smallest absolute Gasteiger partial charge is 0.226 e. The fourth-order valence-electron chi connectivity index (χ4n) is 2.13. The van der Waals surface area contributed by atoms with Gasteiger partial charge in [0.2, 0.25) is 11.8 Å². The summed E-state index contributed by atoms with van der Waals surface area (Å²) < 4.78 is 10.5. The number of carbonyl (C=O) groups is 2. The van der Waals surface area contributed by atoms with Gasteiger partial charge in [0, 0.05) is 40.2 Å². The molecule has 0 spiro atoms. The number of nitrogens with zero attached hydrogens (tertiary/aromatic N) is 1. The number of rotatable bonds is 10. The second-order valence-electron chi connectivity index (χ2n) is 5.08. The van der Waals surface area contributed by atoms with Crippen molar-refractivity contribution in [3.8, 4) is 5.75 Å². The van der Waals surface area contributed by atoms with Gasteiger partial charge >= 0.3 is 0 Å². The van der Waals surface area contributed by atoms with Crippen molar-refractivity contribution in [2.45, 2.75) is 26.7 Å². The van der Waals surface area contributed by atoms with Crippen molar-refractivity contribution in [2.24, 2.45) is 0 Å². The van der Waals surface area contributed by atoms with Crippen LogP contribution in [0.2, 0.25) is 0 Å². The van der Waals surface area contributed by atoms with Gasteiger partial charge in [-0.2, -0.15) is 0 Å². The molecule has 128 valence electrons. The number of amides is 2. The lowest BCUT2D eigenvalue weighted by atomic mass is 10.2. The summed E-state index contributed by atoms with van der Waals surface area (Å²) in [6.07, 6.45) is 0.998. The molecule has 1 rings (SSSR count). The van der Waals surface area contributed by atoms with Gasteiger partial charge in [0.1, 0.15) is 5.75 Å². The Kier molecular flexibility index (Phi) is 8.75. The van der Waals surface area contributed by atoms with E-state index in [9.17, 15) is 9.59 Å². The highest BCUT2D eigenvalue weighted by molar-refractivity contribution is 5.92. The lowest BCUT2D eigenvalue weighted by molar-refractivity contribution is -0.129. The second kappa shape index (κ2) is 10.6. The minimum absolute atomic E-state index is 0.0383. The number of para-hydroxylation sites is 2. The average molecular weight is 322 g/mol. The van der Waals surface area contributed by atoms with Gasteiger partial charge in [0.25, 0.3) is 0 Å². The number of carbonyl (C=O) groups excluding carboxylic acids is 2. The van der Waals surface area contributed by atoms with Crippen molar-refractivity contribution in [3.05, 3.63) is 24.3 Å². The molecule has 1 aromatic carbocycles. The van der Waals surface area contributed by atoms with Gasteiger partial charge in [0.15, 0.2) is 0 Å². The Morgan fingerprint density at radius 1 is 1.22 bits per heavy atom. The minimum atomic E-state index is -0.143. The van der Waals surface area contributed by atoms with Crippen LogP contribution in [0.3, 0.4) is 0 Å². The third-order valence-electron chi connectivity index (χ3n) is 3.29.